The minimum Gasteiger partial charge on any atom is -0.326 e. The first-order chi connectivity index (χ1) is 10.9. The van der Waals surface area contributed by atoms with Crippen LogP contribution in [0.25, 0.3) is 0 Å². The van der Waals surface area contributed by atoms with E-state index in [1.165, 1.54) is 22.5 Å². The summed E-state index contributed by atoms with van der Waals surface area (Å²) < 4.78 is 40.3. The molecule has 3 rings (SSSR count). The Bertz CT molecular complexity index is 815. The van der Waals surface area contributed by atoms with Gasteiger partial charge in [0.2, 0.25) is 10.0 Å². The van der Waals surface area contributed by atoms with Crippen LogP contribution < -0.4 is 5.73 Å². The average molecular weight is 371 g/mol. The van der Waals surface area contributed by atoms with Crippen molar-refractivity contribution in [2.24, 2.45) is 5.73 Å². The van der Waals surface area contributed by atoms with Crippen molar-refractivity contribution >= 4 is 22.4 Å². The Balaban J connectivity index is 0.00000208. The minimum absolute atomic E-state index is 0. The molecule has 2 atom stereocenters. The molecule has 0 bridgehead atoms. The number of sulfonamides is 1. The van der Waals surface area contributed by atoms with Crippen LogP contribution in [0.2, 0.25) is 0 Å². The second kappa shape index (κ2) is 7.19. The van der Waals surface area contributed by atoms with Crippen molar-refractivity contribution in [1.29, 1.82) is 0 Å². The second-order valence-corrected chi connectivity index (χ2v) is 7.85. The molecule has 0 spiro atoms. The minimum atomic E-state index is -3.67. The number of aryl methyl sites for hydroxylation is 1. The summed E-state index contributed by atoms with van der Waals surface area (Å²) >= 11 is 0. The van der Waals surface area contributed by atoms with Crippen LogP contribution in [0, 0.1) is 12.7 Å². The normalized spacial score (nSPS) is 21.5. The van der Waals surface area contributed by atoms with Gasteiger partial charge in [-0.15, -0.1) is 12.4 Å². The highest BCUT2D eigenvalue weighted by molar-refractivity contribution is 7.89. The summed E-state index contributed by atoms with van der Waals surface area (Å²) in [7, 11) is -3.67. The van der Waals surface area contributed by atoms with Gasteiger partial charge in [-0.3, -0.25) is 0 Å². The molecule has 1 saturated heterocycles. The Labute approximate surface area is 147 Å². The molecule has 7 heteroatoms. The Hall–Kier alpha value is -1.47. The average Bonchev–Trinajstić information content (AvgIpc) is 2.93. The first-order valence-corrected chi connectivity index (χ1v) is 8.90. The van der Waals surface area contributed by atoms with Gasteiger partial charge in [0.1, 0.15) is 5.82 Å². The fourth-order valence-electron chi connectivity index (χ4n) is 2.97. The molecule has 2 N–H and O–H groups in total. The molecule has 1 aliphatic rings. The maximum atomic E-state index is 13.4. The van der Waals surface area contributed by atoms with E-state index in [-0.39, 0.29) is 35.8 Å². The topological polar surface area (TPSA) is 63.4 Å². The molecule has 2 aromatic rings. The van der Waals surface area contributed by atoms with Gasteiger partial charge in [0.15, 0.2) is 0 Å². The fraction of sp³-hybridized carbons (Fsp3) is 0.294. The summed E-state index contributed by atoms with van der Waals surface area (Å²) in [5, 5.41) is 0. The highest BCUT2D eigenvalue weighted by Gasteiger charge is 2.38. The predicted octanol–water partition coefficient (Wildman–Crippen LogP) is 2.67. The SMILES string of the molecule is Cc1cc(S(=O)(=O)N2C[C@@H](N)[C@H](c3ccccc3)C2)ccc1F.Cl. The van der Waals surface area contributed by atoms with Gasteiger partial charge in [-0.05, 0) is 36.2 Å². The zero-order chi connectivity index (χ0) is 16.6. The van der Waals surface area contributed by atoms with Crippen molar-refractivity contribution < 1.29 is 12.8 Å². The van der Waals surface area contributed by atoms with Crippen molar-refractivity contribution in [2.45, 2.75) is 23.8 Å². The first-order valence-electron chi connectivity index (χ1n) is 7.46. The van der Waals surface area contributed by atoms with Crippen LogP contribution >= 0.6 is 12.4 Å². The van der Waals surface area contributed by atoms with Gasteiger partial charge in [-0.2, -0.15) is 4.31 Å². The van der Waals surface area contributed by atoms with Crippen LogP contribution in [0.1, 0.15) is 17.0 Å². The maximum absolute atomic E-state index is 13.4. The molecule has 0 aromatic heterocycles. The third kappa shape index (κ3) is 3.47. The summed E-state index contributed by atoms with van der Waals surface area (Å²) in [4.78, 5) is 0.109. The van der Waals surface area contributed by atoms with Crippen molar-refractivity contribution in [3.05, 3.63) is 65.5 Å². The zero-order valence-corrected chi connectivity index (χ0v) is 14.9. The van der Waals surface area contributed by atoms with Gasteiger partial charge in [-0.1, -0.05) is 30.3 Å². The van der Waals surface area contributed by atoms with E-state index in [1.807, 2.05) is 30.3 Å². The van der Waals surface area contributed by atoms with Gasteiger partial charge >= 0.3 is 0 Å². The van der Waals surface area contributed by atoms with E-state index in [4.69, 9.17) is 5.73 Å². The quantitative estimate of drug-likeness (QED) is 0.903. The van der Waals surface area contributed by atoms with E-state index < -0.39 is 15.8 Å². The summed E-state index contributed by atoms with van der Waals surface area (Å²) in [5.41, 5.74) is 7.51. The van der Waals surface area contributed by atoms with Crippen LogP contribution in [0.5, 0.6) is 0 Å². The monoisotopic (exact) mass is 370 g/mol. The lowest BCUT2D eigenvalue weighted by atomic mass is 9.95. The third-order valence-electron chi connectivity index (χ3n) is 4.33. The highest BCUT2D eigenvalue weighted by atomic mass is 35.5. The number of nitrogens with two attached hydrogens (primary N) is 1. The van der Waals surface area contributed by atoms with Crippen molar-refractivity contribution in [1.82, 2.24) is 4.31 Å². The van der Waals surface area contributed by atoms with E-state index >= 15 is 0 Å². The molecule has 2 aromatic carbocycles. The van der Waals surface area contributed by atoms with Crippen molar-refractivity contribution in [3.63, 3.8) is 0 Å². The standard InChI is InChI=1S/C17H19FN2O2S.ClH/c1-12-9-14(7-8-16(12)18)23(21,22)20-10-15(17(19)11-20)13-5-3-2-4-6-13;/h2-9,15,17H,10-11,19H2,1H3;1H/t15-,17+;/m0./s1. The smallest absolute Gasteiger partial charge is 0.243 e. The van der Waals surface area contributed by atoms with Gasteiger partial charge in [-0.25, -0.2) is 12.8 Å². The summed E-state index contributed by atoms with van der Waals surface area (Å²) in [5.74, 6) is -0.447. The number of benzene rings is 2. The molecule has 1 heterocycles. The predicted molar refractivity (Wildman–Crippen MR) is 94.3 cm³/mol. The number of halogens is 2. The number of nitrogens with zero attached hydrogens (tertiary/aromatic N) is 1. The molecule has 24 heavy (non-hydrogen) atoms. The number of rotatable bonds is 3. The second-order valence-electron chi connectivity index (χ2n) is 5.91. The number of hydrogen-bond acceptors (Lipinski definition) is 3. The van der Waals surface area contributed by atoms with Crippen LogP contribution in [-0.2, 0) is 10.0 Å². The first kappa shape index (κ1) is 18.9. The lowest BCUT2D eigenvalue weighted by Gasteiger charge is -2.17. The van der Waals surface area contributed by atoms with E-state index in [0.717, 1.165) is 5.56 Å². The molecule has 0 unspecified atom stereocenters. The van der Waals surface area contributed by atoms with Gasteiger partial charge in [0, 0.05) is 25.0 Å². The Morgan fingerprint density at radius 1 is 1.12 bits per heavy atom. The fourth-order valence-corrected chi connectivity index (χ4v) is 4.56. The summed E-state index contributed by atoms with van der Waals surface area (Å²) in [6.45, 7) is 2.15. The molecule has 0 saturated carbocycles. The van der Waals surface area contributed by atoms with E-state index in [2.05, 4.69) is 0 Å². The lowest BCUT2D eigenvalue weighted by molar-refractivity contribution is 0.470. The van der Waals surface area contributed by atoms with E-state index in [0.29, 0.717) is 12.1 Å². The van der Waals surface area contributed by atoms with Crippen LogP contribution in [0.3, 0.4) is 0 Å². The molecule has 1 fully saturated rings. The van der Waals surface area contributed by atoms with Gasteiger partial charge in [0.05, 0.1) is 4.90 Å². The van der Waals surface area contributed by atoms with E-state index in [1.54, 1.807) is 6.92 Å². The van der Waals surface area contributed by atoms with Crippen LogP contribution in [0.4, 0.5) is 4.39 Å². The Morgan fingerprint density at radius 2 is 1.79 bits per heavy atom. The van der Waals surface area contributed by atoms with Crippen molar-refractivity contribution in [3.8, 4) is 0 Å². The molecule has 4 nitrogen and oxygen atoms in total. The van der Waals surface area contributed by atoms with Gasteiger partial charge < -0.3 is 5.73 Å². The number of hydrogen-bond donors (Lipinski definition) is 1. The third-order valence-corrected chi connectivity index (χ3v) is 6.15. The van der Waals surface area contributed by atoms with Crippen LogP contribution in [-0.4, -0.2) is 31.9 Å². The molecule has 1 aliphatic heterocycles. The van der Waals surface area contributed by atoms with Crippen molar-refractivity contribution in [2.75, 3.05) is 13.1 Å². The maximum Gasteiger partial charge on any atom is 0.243 e. The molecule has 130 valence electrons. The lowest BCUT2D eigenvalue weighted by Crippen LogP contribution is -2.32. The summed E-state index contributed by atoms with van der Waals surface area (Å²) in [6.07, 6.45) is 0. The van der Waals surface area contributed by atoms with E-state index in [9.17, 15) is 12.8 Å². The zero-order valence-electron chi connectivity index (χ0n) is 13.2. The molecule has 0 amide bonds. The molecule has 0 aliphatic carbocycles. The van der Waals surface area contributed by atoms with Crippen LogP contribution in [0.15, 0.2) is 53.4 Å². The molecular weight excluding hydrogens is 351 g/mol. The Kier molecular flexibility index (Phi) is 5.65. The molecule has 0 radical (unpaired) electrons. The molecular formula is C17H20ClFN2O2S. The highest BCUT2D eigenvalue weighted by Crippen LogP contribution is 2.30. The largest absolute Gasteiger partial charge is 0.326 e. The van der Waals surface area contributed by atoms with Gasteiger partial charge in [0.25, 0.3) is 0 Å². The summed E-state index contributed by atoms with van der Waals surface area (Å²) in [6, 6.07) is 13.3. The Morgan fingerprint density at radius 3 is 2.42 bits per heavy atom.